The van der Waals surface area contributed by atoms with Crippen LogP contribution in [0.25, 0.3) is 11.6 Å². The van der Waals surface area contributed by atoms with E-state index in [-0.39, 0.29) is 0 Å². The van der Waals surface area contributed by atoms with Gasteiger partial charge in [-0.15, -0.1) is 0 Å². The van der Waals surface area contributed by atoms with E-state index < -0.39 is 0 Å². The van der Waals surface area contributed by atoms with E-state index in [9.17, 15) is 0 Å². The quantitative estimate of drug-likeness (QED) is 0.741. The average Bonchev–Trinajstić information content (AvgIpc) is 2.45. The Labute approximate surface area is 107 Å². The molecule has 18 heavy (non-hydrogen) atoms. The zero-order valence-corrected chi connectivity index (χ0v) is 10.0. The van der Waals surface area contributed by atoms with Crippen molar-refractivity contribution in [2.75, 3.05) is 0 Å². The lowest BCUT2D eigenvalue weighted by molar-refractivity contribution is 1.15. The lowest BCUT2D eigenvalue weighted by atomic mass is 9.95. The summed E-state index contributed by atoms with van der Waals surface area (Å²) in [5.41, 5.74) is 11.0. The first-order chi connectivity index (χ1) is 8.83. The summed E-state index contributed by atoms with van der Waals surface area (Å²) in [7, 11) is 0. The maximum Gasteiger partial charge on any atom is 0.0494 e. The predicted molar refractivity (Wildman–Crippen MR) is 75.2 cm³/mol. The van der Waals surface area contributed by atoms with Gasteiger partial charge in [-0.05, 0) is 28.3 Å². The summed E-state index contributed by atoms with van der Waals surface area (Å²) >= 11 is 0. The topological polar surface area (TPSA) is 36.2 Å². The Balaban J connectivity index is 2.42. The van der Waals surface area contributed by atoms with E-state index in [0.29, 0.717) is 0 Å². The zero-order valence-electron chi connectivity index (χ0n) is 10.0. The Morgan fingerprint density at radius 1 is 1.00 bits per heavy atom. The van der Waals surface area contributed by atoms with E-state index in [1.807, 2.05) is 60.7 Å². The van der Waals surface area contributed by atoms with Gasteiger partial charge in [-0.2, -0.15) is 5.11 Å². The van der Waals surface area contributed by atoms with Crippen molar-refractivity contribution in [3.05, 3.63) is 84.1 Å². The average molecular weight is 234 g/mol. The first-order valence-corrected chi connectivity index (χ1v) is 5.70. The Morgan fingerprint density at radius 2 is 1.67 bits per heavy atom. The second-order valence-electron chi connectivity index (χ2n) is 3.88. The SMILES string of the molecule is C=C(c1ccccc1)c1ccccc1/C=C\N=N. The van der Waals surface area contributed by atoms with Gasteiger partial charge in [-0.1, -0.05) is 61.2 Å². The van der Waals surface area contributed by atoms with Gasteiger partial charge in [0, 0.05) is 6.20 Å². The molecule has 2 aromatic rings. The molecule has 0 bridgehead atoms. The van der Waals surface area contributed by atoms with E-state index in [1.165, 1.54) is 6.20 Å². The third-order valence-corrected chi connectivity index (χ3v) is 2.74. The molecule has 0 saturated heterocycles. The highest BCUT2D eigenvalue weighted by atomic mass is 14.9. The van der Waals surface area contributed by atoms with Crippen LogP contribution in [0.1, 0.15) is 16.7 Å². The molecule has 88 valence electrons. The minimum absolute atomic E-state index is 0.973. The molecule has 2 nitrogen and oxygen atoms in total. The lowest BCUT2D eigenvalue weighted by Crippen LogP contribution is -1.89. The second-order valence-corrected chi connectivity index (χ2v) is 3.88. The molecule has 0 fully saturated rings. The molecule has 0 radical (unpaired) electrons. The minimum Gasteiger partial charge on any atom is -0.205 e. The van der Waals surface area contributed by atoms with Crippen LogP contribution in [0, 0.1) is 5.53 Å². The van der Waals surface area contributed by atoms with Crippen LogP contribution in [0.2, 0.25) is 0 Å². The van der Waals surface area contributed by atoms with Crippen molar-refractivity contribution in [1.29, 1.82) is 5.53 Å². The van der Waals surface area contributed by atoms with Crippen LogP contribution in [0.4, 0.5) is 0 Å². The number of nitrogens with one attached hydrogen (secondary N) is 1. The normalized spacial score (nSPS) is 10.4. The summed E-state index contributed by atoms with van der Waals surface area (Å²) < 4.78 is 0. The maximum atomic E-state index is 6.81. The molecule has 0 aliphatic heterocycles. The van der Waals surface area contributed by atoms with E-state index in [4.69, 9.17) is 5.53 Å². The van der Waals surface area contributed by atoms with Gasteiger partial charge in [0.2, 0.25) is 0 Å². The zero-order chi connectivity index (χ0) is 12.8. The second kappa shape index (κ2) is 5.73. The van der Waals surface area contributed by atoms with Gasteiger partial charge in [-0.25, -0.2) is 5.53 Å². The van der Waals surface area contributed by atoms with Crippen LogP contribution in [0.15, 0.2) is 72.5 Å². The predicted octanol–water partition coefficient (Wildman–Crippen LogP) is 4.75. The van der Waals surface area contributed by atoms with Crippen LogP contribution >= 0.6 is 0 Å². The van der Waals surface area contributed by atoms with Crippen LogP contribution in [0.5, 0.6) is 0 Å². The molecule has 0 aliphatic rings. The first-order valence-electron chi connectivity index (χ1n) is 5.70. The van der Waals surface area contributed by atoms with Crippen molar-refractivity contribution < 1.29 is 0 Å². The number of hydrogen-bond acceptors (Lipinski definition) is 2. The third-order valence-electron chi connectivity index (χ3n) is 2.74. The van der Waals surface area contributed by atoms with Crippen molar-refractivity contribution in [1.82, 2.24) is 0 Å². The standard InChI is InChI=1S/C16H14N2/c1-13(14-7-3-2-4-8-14)16-10-6-5-9-15(16)11-12-18-17/h2-12,17H,1H2/b12-11-,18-17?. The van der Waals surface area contributed by atoms with Gasteiger partial charge in [-0.3, -0.25) is 0 Å². The Morgan fingerprint density at radius 3 is 2.39 bits per heavy atom. The molecule has 2 rings (SSSR count). The fourth-order valence-electron chi connectivity index (χ4n) is 1.83. The summed E-state index contributed by atoms with van der Waals surface area (Å²) in [6, 6.07) is 18.0. The Hall–Kier alpha value is -2.48. The van der Waals surface area contributed by atoms with Crippen LogP contribution < -0.4 is 0 Å². The van der Waals surface area contributed by atoms with Crippen molar-refractivity contribution in [3.8, 4) is 0 Å². The third kappa shape index (κ3) is 2.61. The molecule has 0 spiro atoms. The molecular weight excluding hydrogens is 220 g/mol. The number of hydrogen-bond donors (Lipinski definition) is 1. The molecule has 2 heteroatoms. The van der Waals surface area contributed by atoms with Gasteiger partial charge in [0.25, 0.3) is 0 Å². The largest absolute Gasteiger partial charge is 0.205 e. The fourth-order valence-corrected chi connectivity index (χ4v) is 1.83. The molecule has 1 N–H and O–H groups in total. The molecule has 0 atom stereocenters. The molecule has 0 amide bonds. The number of benzene rings is 2. The van der Waals surface area contributed by atoms with Crippen molar-refractivity contribution in [2.45, 2.75) is 0 Å². The number of rotatable bonds is 4. The van der Waals surface area contributed by atoms with Crippen LogP contribution in [0.3, 0.4) is 0 Å². The number of nitrogens with zero attached hydrogens (tertiary/aromatic N) is 1. The van der Waals surface area contributed by atoms with Gasteiger partial charge in [0.05, 0.1) is 0 Å². The van der Waals surface area contributed by atoms with E-state index in [0.717, 1.165) is 22.3 Å². The molecule has 0 aliphatic carbocycles. The highest BCUT2D eigenvalue weighted by molar-refractivity contribution is 5.82. The molecule has 0 saturated carbocycles. The van der Waals surface area contributed by atoms with Crippen molar-refractivity contribution in [2.24, 2.45) is 5.11 Å². The van der Waals surface area contributed by atoms with E-state index in [2.05, 4.69) is 11.7 Å². The Kier molecular flexibility index (Phi) is 3.82. The summed E-state index contributed by atoms with van der Waals surface area (Å²) in [6.45, 7) is 4.15. The van der Waals surface area contributed by atoms with Crippen LogP contribution in [-0.4, -0.2) is 0 Å². The monoisotopic (exact) mass is 234 g/mol. The highest BCUT2D eigenvalue weighted by Gasteiger charge is 2.05. The van der Waals surface area contributed by atoms with E-state index >= 15 is 0 Å². The van der Waals surface area contributed by atoms with Crippen LogP contribution in [-0.2, 0) is 0 Å². The van der Waals surface area contributed by atoms with Crippen molar-refractivity contribution >= 4 is 11.6 Å². The smallest absolute Gasteiger partial charge is 0.0494 e. The molecular formula is C16H14N2. The van der Waals surface area contributed by atoms with Gasteiger partial charge < -0.3 is 0 Å². The summed E-state index contributed by atoms with van der Waals surface area (Å²) in [6.07, 6.45) is 3.29. The molecule has 0 heterocycles. The summed E-state index contributed by atoms with van der Waals surface area (Å²) in [4.78, 5) is 0. The summed E-state index contributed by atoms with van der Waals surface area (Å²) in [5.74, 6) is 0. The maximum absolute atomic E-state index is 6.81. The van der Waals surface area contributed by atoms with Gasteiger partial charge in [0.1, 0.15) is 0 Å². The molecule has 0 unspecified atom stereocenters. The van der Waals surface area contributed by atoms with Gasteiger partial charge in [0.15, 0.2) is 0 Å². The van der Waals surface area contributed by atoms with Crippen molar-refractivity contribution in [3.63, 3.8) is 0 Å². The first kappa shape index (κ1) is 12.0. The lowest BCUT2D eigenvalue weighted by Gasteiger charge is -2.09. The van der Waals surface area contributed by atoms with E-state index in [1.54, 1.807) is 0 Å². The van der Waals surface area contributed by atoms with Gasteiger partial charge >= 0.3 is 0 Å². The summed E-state index contributed by atoms with van der Waals surface area (Å²) in [5, 5.41) is 3.24. The Bertz CT molecular complexity index is 583. The highest BCUT2D eigenvalue weighted by Crippen LogP contribution is 2.25. The molecule has 0 aromatic heterocycles. The molecule has 2 aromatic carbocycles. The fraction of sp³-hybridized carbons (Fsp3) is 0. The minimum atomic E-state index is 0.973.